The fourth-order valence-corrected chi connectivity index (χ4v) is 8.83. The van der Waals surface area contributed by atoms with Gasteiger partial charge in [0.25, 0.3) is 23.6 Å². The number of carbonyl (C=O) groups is 4. The maximum absolute atomic E-state index is 14.1. The van der Waals surface area contributed by atoms with Crippen LogP contribution < -0.4 is 30.7 Å². The molecule has 0 saturated heterocycles. The van der Waals surface area contributed by atoms with Gasteiger partial charge in [0.2, 0.25) is 0 Å². The number of hydrogen-bond donors (Lipinski definition) is 6. The number of nitrogens with zero attached hydrogens (tertiary/aromatic N) is 4. The van der Waals surface area contributed by atoms with Crippen molar-refractivity contribution in [3.63, 3.8) is 0 Å². The molecule has 0 fully saturated rings. The Labute approximate surface area is 440 Å². The highest BCUT2D eigenvalue weighted by atomic mass is 35.5. The van der Waals surface area contributed by atoms with Gasteiger partial charge in [-0.25, -0.2) is 0 Å². The highest BCUT2D eigenvalue weighted by Gasteiger charge is 2.22. The summed E-state index contributed by atoms with van der Waals surface area (Å²) in [6.07, 6.45) is 0. The monoisotopic (exact) mass is 1030 g/mol. The molecular formula is C59H47ClN8O8. The van der Waals surface area contributed by atoms with Crippen LogP contribution in [0.25, 0.3) is 21.5 Å². The van der Waals surface area contributed by atoms with Crippen LogP contribution in [-0.2, 0) is 0 Å². The molecular weight excluding hydrogens is 984 g/mol. The molecule has 0 spiro atoms. The molecule has 0 heterocycles. The number of hydrogen-bond acceptors (Lipinski definition) is 12. The van der Waals surface area contributed by atoms with E-state index in [0.29, 0.717) is 49.4 Å². The summed E-state index contributed by atoms with van der Waals surface area (Å²) in [5, 5.41) is 55.0. The van der Waals surface area contributed by atoms with Crippen LogP contribution in [0.4, 0.5) is 45.5 Å². The molecule has 0 radical (unpaired) electrons. The van der Waals surface area contributed by atoms with Gasteiger partial charge in [-0.15, -0.1) is 20.5 Å². The van der Waals surface area contributed by atoms with E-state index in [1.807, 2.05) is 39.0 Å². The van der Waals surface area contributed by atoms with E-state index >= 15 is 0 Å². The number of phenols is 2. The average molecular weight is 1030 g/mol. The van der Waals surface area contributed by atoms with E-state index in [9.17, 15) is 29.4 Å². The van der Waals surface area contributed by atoms with Gasteiger partial charge in [0.15, 0.2) is 11.5 Å². The number of azo groups is 2. The quantitative estimate of drug-likeness (QED) is 0.0573. The van der Waals surface area contributed by atoms with Crippen molar-refractivity contribution < 1.29 is 38.9 Å². The lowest BCUT2D eigenvalue weighted by molar-refractivity contribution is 0.101. The third-order valence-electron chi connectivity index (χ3n) is 12.0. The molecule has 6 N–H and O–H groups in total. The molecule has 0 aromatic heterocycles. The van der Waals surface area contributed by atoms with Gasteiger partial charge in [-0.2, -0.15) is 0 Å². The molecule has 0 aliphatic carbocycles. The van der Waals surface area contributed by atoms with Crippen LogP contribution in [0.15, 0.2) is 178 Å². The second-order valence-electron chi connectivity index (χ2n) is 17.6. The van der Waals surface area contributed by atoms with Crippen molar-refractivity contribution in [2.75, 3.05) is 35.5 Å². The number of anilines is 4. The molecule has 9 rings (SSSR count). The standard InChI is InChI=1S/C59H47ClN8O8/c1-32-21-33(2)24-42(23-32)63-56(71)37-17-19-50(75-4)48(28-37)65-67-52-44-15-8-6-11-35(44)26-46(54(52)69)58(73)61-40-13-10-14-41(31-40)62-59(74)47-27-36-12-7-9-16-45(36)53(55(47)70)68-66-49-29-38(18-20-51(49)76-5)57(72)64-43-25-34(3)22-39(60)30-43/h6-31,69-70H,1-5H3,(H,61,73)(H,62,74)(H,63,71)(H,64,72). The van der Waals surface area contributed by atoms with Crippen LogP contribution in [0, 0.1) is 20.8 Å². The van der Waals surface area contributed by atoms with Gasteiger partial charge in [0.05, 0.1) is 25.3 Å². The van der Waals surface area contributed by atoms with E-state index in [-0.39, 0.29) is 62.3 Å². The molecule has 0 unspecified atom stereocenters. The predicted octanol–water partition coefficient (Wildman–Crippen LogP) is 14.8. The van der Waals surface area contributed by atoms with E-state index in [1.54, 1.807) is 109 Å². The third-order valence-corrected chi connectivity index (χ3v) is 12.3. The minimum absolute atomic E-state index is 0.00875. The van der Waals surface area contributed by atoms with Crippen LogP contribution in [0.2, 0.25) is 5.02 Å². The number of ether oxygens (including phenoxy) is 2. The summed E-state index contributed by atoms with van der Waals surface area (Å²) in [7, 11) is 2.90. The van der Waals surface area contributed by atoms with Gasteiger partial charge >= 0.3 is 0 Å². The Kier molecular flexibility index (Phi) is 14.8. The maximum Gasteiger partial charge on any atom is 0.259 e. The van der Waals surface area contributed by atoms with Crippen LogP contribution >= 0.6 is 11.6 Å². The maximum atomic E-state index is 14.1. The third kappa shape index (κ3) is 11.3. The average Bonchev–Trinajstić information content (AvgIpc) is 3.40. The molecule has 4 amide bonds. The highest BCUT2D eigenvalue weighted by Crippen LogP contribution is 2.43. The normalized spacial score (nSPS) is 11.2. The van der Waals surface area contributed by atoms with Crippen molar-refractivity contribution in [2.45, 2.75) is 20.8 Å². The SMILES string of the molecule is COc1ccc(C(=O)Nc2cc(C)cc(C)c2)cc1N=Nc1c(O)c(C(=O)Nc2cccc(NC(=O)c3cc4ccccc4c(N=Nc4cc(C(=O)Nc5cc(C)cc(Cl)c5)ccc4OC)c3O)c2)cc2ccccc12. The first-order chi connectivity index (χ1) is 36.6. The summed E-state index contributed by atoms with van der Waals surface area (Å²) in [5.74, 6) is -2.56. The van der Waals surface area contributed by atoms with Crippen molar-refractivity contribution >= 4 is 102 Å². The number of methoxy groups -OCH3 is 2. The van der Waals surface area contributed by atoms with Crippen molar-refractivity contribution in [1.29, 1.82) is 0 Å². The van der Waals surface area contributed by atoms with Crippen molar-refractivity contribution in [1.82, 2.24) is 0 Å². The molecule has 9 aromatic rings. The van der Waals surface area contributed by atoms with Crippen molar-refractivity contribution in [3.05, 3.63) is 202 Å². The van der Waals surface area contributed by atoms with Gasteiger partial charge in [0.1, 0.15) is 34.2 Å². The number of benzene rings is 9. The molecule has 16 nitrogen and oxygen atoms in total. The summed E-state index contributed by atoms with van der Waals surface area (Å²) < 4.78 is 11.1. The van der Waals surface area contributed by atoms with Crippen LogP contribution in [0.3, 0.4) is 0 Å². The van der Waals surface area contributed by atoms with Crippen molar-refractivity contribution in [3.8, 4) is 23.0 Å². The zero-order valence-electron chi connectivity index (χ0n) is 41.5. The van der Waals surface area contributed by atoms with E-state index in [0.717, 1.165) is 16.7 Å². The molecule has 0 aliphatic rings. The molecule has 76 heavy (non-hydrogen) atoms. The zero-order chi connectivity index (χ0) is 53.6. The number of phenolic OH excluding ortho intramolecular Hbond substituents is 2. The fraction of sp³-hybridized carbons (Fsp3) is 0.0847. The summed E-state index contributed by atoms with van der Waals surface area (Å²) >= 11 is 6.21. The van der Waals surface area contributed by atoms with E-state index in [2.05, 4.69) is 41.7 Å². The summed E-state index contributed by atoms with van der Waals surface area (Å²) in [6.45, 7) is 5.75. The second kappa shape index (κ2) is 22.0. The first kappa shape index (κ1) is 51.0. The molecule has 0 aliphatic heterocycles. The molecule has 17 heteroatoms. The summed E-state index contributed by atoms with van der Waals surface area (Å²) in [5.41, 5.74) is 5.11. The number of halogens is 1. The van der Waals surface area contributed by atoms with Gasteiger partial charge in [-0.3, -0.25) is 19.2 Å². The lowest BCUT2D eigenvalue weighted by atomic mass is 10.0. The molecule has 0 atom stereocenters. The minimum Gasteiger partial charge on any atom is -0.505 e. The Morgan fingerprint density at radius 2 is 0.855 bits per heavy atom. The van der Waals surface area contributed by atoms with Gasteiger partial charge < -0.3 is 41.0 Å². The second-order valence-corrected chi connectivity index (χ2v) is 18.1. The molecule has 0 saturated carbocycles. The Balaban J connectivity index is 0.951. The minimum atomic E-state index is -0.706. The number of carbonyl (C=O) groups excluding carboxylic acids is 4. The van der Waals surface area contributed by atoms with Crippen LogP contribution in [0.1, 0.15) is 58.1 Å². The molecule has 0 bridgehead atoms. The Morgan fingerprint density at radius 1 is 0.434 bits per heavy atom. The first-order valence-corrected chi connectivity index (χ1v) is 23.9. The van der Waals surface area contributed by atoms with E-state index in [1.165, 1.54) is 44.6 Å². The summed E-state index contributed by atoms with van der Waals surface area (Å²) in [4.78, 5) is 54.8. The highest BCUT2D eigenvalue weighted by molar-refractivity contribution is 6.31. The first-order valence-electron chi connectivity index (χ1n) is 23.5. The van der Waals surface area contributed by atoms with E-state index in [4.69, 9.17) is 21.1 Å². The Hall–Kier alpha value is -9.93. The van der Waals surface area contributed by atoms with Gasteiger partial charge in [-0.1, -0.05) is 72.3 Å². The Bertz CT molecular complexity index is 3590. The van der Waals surface area contributed by atoms with Gasteiger partial charge in [0, 0.05) is 49.7 Å². The van der Waals surface area contributed by atoms with Crippen LogP contribution in [0.5, 0.6) is 23.0 Å². The number of amides is 4. The molecule has 378 valence electrons. The zero-order valence-corrected chi connectivity index (χ0v) is 42.3. The predicted molar refractivity (Wildman–Crippen MR) is 296 cm³/mol. The summed E-state index contributed by atoms with van der Waals surface area (Å²) in [6, 6.07) is 43.6. The van der Waals surface area contributed by atoms with Crippen molar-refractivity contribution in [2.24, 2.45) is 20.5 Å². The Morgan fingerprint density at radius 3 is 1.30 bits per heavy atom. The number of fused-ring (bicyclic) bond motifs is 2. The number of aromatic hydroxyl groups is 2. The lowest BCUT2D eigenvalue weighted by Gasteiger charge is -2.13. The number of nitrogens with one attached hydrogen (secondary N) is 4. The fourth-order valence-electron chi connectivity index (χ4n) is 8.54. The smallest absolute Gasteiger partial charge is 0.259 e. The van der Waals surface area contributed by atoms with Crippen LogP contribution in [-0.4, -0.2) is 48.1 Å². The van der Waals surface area contributed by atoms with E-state index < -0.39 is 29.2 Å². The largest absolute Gasteiger partial charge is 0.505 e. The van der Waals surface area contributed by atoms with Gasteiger partial charge in [-0.05, 0) is 145 Å². The molecule has 9 aromatic carbocycles. The topological polar surface area (TPSA) is 225 Å². The number of aryl methyl sites for hydroxylation is 3. The lowest BCUT2D eigenvalue weighted by Crippen LogP contribution is -2.14. The number of rotatable bonds is 14.